The normalized spacial score (nSPS) is 15.8. The molecule has 1 heterocycles. The number of anilines is 1. The third-order valence-corrected chi connectivity index (χ3v) is 7.54. The van der Waals surface area contributed by atoms with Gasteiger partial charge in [-0.3, -0.25) is 4.79 Å². The van der Waals surface area contributed by atoms with Crippen molar-refractivity contribution in [3.8, 4) is 5.69 Å². The Bertz CT molecular complexity index is 1690. The summed E-state index contributed by atoms with van der Waals surface area (Å²) in [5, 5.41) is 3.43. The highest BCUT2D eigenvalue weighted by atomic mass is 16.1. The largest absolute Gasteiger partial charge is 0.378 e. The summed E-state index contributed by atoms with van der Waals surface area (Å²) < 4.78 is 2.30. The molecule has 0 spiro atoms. The van der Waals surface area contributed by atoms with E-state index in [2.05, 4.69) is 134 Å². The lowest BCUT2D eigenvalue weighted by Gasteiger charge is -2.32. The van der Waals surface area contributed by atoms with Crippen molar-refractivity contribution in [3.05, 3.63) is 114 Å². The van der Waals surface area contributed by atoms with Crippen LogP contribution in [0.2, 0.25) is 0 Å². The monoisotopic (exact) mass is 483 g/mol. The Morgan fingerprint density at radius 1 is 0.784 bits per heavy atom. The Morgan fingerprint density at radius 2 is 1.43 bits per heavy atom. The van der Waals surface area contributed by atoms with Gasteiger partial charge < -0.3 is 4.90 Å². The number of carbonyl (C=O) groups is 1. The Hall–Kier alpha value is -4.24. The first-order chi connectivity index (χ1) is 17.8. The van der Waals surface area contributed by atoms with Crippen molar-refractivity contribution in [2.75, 3.05) is 19.0 Å². The van der Waals surface area contributed by atoms with Gasteiger partial charge in [-0.15, -0.1) is 0 Å². The third-order valence-electron chi connectivity index (χ3n) is 7.54. The van der Waals surface area contributed by atoms with Gasteiger partial charge >= 0.3 is 0 Å². The molecule has 0 fully saturated rings. The number of nitrogens with zero attached hydrogens (tertiary/aromatic N) is 2. The van der Waals surface area contributed by atoms with Gasteiger partial charge in [-0.05, 0) is 46.7 Å². The minimum Gasteiger partial charge on any atom is -0.378 e. The smallest absolute Gasteiger partial charge is 0.226 e. The summed E-state index contributed by atoms with van der Waals surface area (Å²) in [6, 6.07) is 34.0. The second-order valence-corrected chi connectivity index (χ2v) is 10.9. The van der Waals surface area contributed by atoms with Gasteiger partial charge in [-0.1, -0.05) is 68.4 Å². The van der Waals surface area contributed by atoms with Crippen molar-refractivity contribution in [3.63, 3.8) is 0 Å². The van der Waals surface area contributed by atoms with Crippen LogP contribution in [0.5, 0.6) is 0 Å². The van der Waals surface area contributed by atoms with Crippen molar-refractivity contribution in [1.29, 1.82) is 0 Å². The van der Waals surface area contributed by atoms with Crippen LogP contribution in [0.3, 0.4) is 0 Å². The second-order valence-electron chi connectivity index (χ2n) is 10.9. The molecule has 0 bridgehead atoms. The highest BCUT2D eigenvalue weighted by Gasteiger charge is 2.42. The molecule has 0 amide bonds. The van der Waals surface area contributed by atoms with Crippen molar-refractivity contribution in [2.45, 2.75) is 20.3 Å². The maximum atomic E-state index is 13.7. The second kappa shape index (κ2) is 8.70. The number of rotatable bonds is 3. The molecule has 37 heavy (non-hydrogen) atoms. The van der Waals surface area contributed by atoms with E-state index >= 15 is 0 Å². The zero-order valence-electron chi connectivity index (χ0n) is 21.8. The highest BCUT2D eigenvalue weighted by Crippen LogP contribution is 2.45. The number of ketones is 1. The van der Waals surface area contributed by atoms with Gasteiger partial charge in [0, 0.05) is 60.8 Å². The number of hydrogen-bond acceptors (Lipinski definition) is 2. The number of pyridine rings is 1. The molecule has 0 radical (unpaired) electrons. The summed E-state index contributed by atoms with van der Waals surface area (Å²) in [7, 11) is 4.11. The molecule has 3 nitrogen and oxygen atoms in total. The van der Waals surface area contributed by atoms with Gasteiger partial charge in [0.25, 0.3) is 0 Å². The van der Waals surface area contributed by atoms with Crippen molar-refractivity contribution in [2.24, 2.45) is 5.41 Å². The number of para-hydroxylation sites is 1. The minimum absolute atomic E-state index is 0.194. The van der Waals surface area contributed by atoms with E-state index in [-0.39, 0.29) is 11.2 Å². The first kappa shape index (κ1) is 23.2. The van der Waals surface area contributed by atoms with Gasteiger partial charge in [0.15, 0.2) is 5.78 Å². The van der Waals surface area contributed by atoms with Gasteiger partial charge in [-0.2, -0.15) is 4.57 Å². The number of fused-ring (bicyclic) bond motifs is 3. The first-order valence-electron chi connectivity index (χ1n) is 12.8. The Kier molecular flexibility index (Phi) is 5.45. The summed E-state index contributed by atoms with van der Waals surface area (Å²) in [6.45, 7) is 4.38. The Balaban J connectivity index is 1.71. The van der Waals surface area contributed by atoms with Gasteiger partial charge in [0.05, 0.1) is 5.56 Å². The minimum atomic E-state index is -0.314. The maximum absolute atomic E-state index is 13.7. The maximum Gasteiger partial charge on any atom is 0.226 e. The molecule has 4 aromatic carbocycles. The van der Waals surface area contributed by atoms with Gasteiger partial charge in [0.2, 0.25) is 16.9 Å². The number of carbonyl (C=O) groups excluding carboxylic acids is 1. The lowest BCUT2D eigenvalue weighted by atomic mass is 9.70. The van der Waals surface area contributed by atoms with Crippen molar-refractivity contribution in [1.82, 2.24) is 0 Å². The molecule has 0 atom stereocenters. The van der Waals surface area contributed by atoms with Gasteiger partial charge in [0.1, 0.15) is 0 Å². The van der Waals surface area contributed by atoms with Crippen LogP contribution in [0, 0.1) is 5.41 Å². The molecule has 1 aliphatic rings. The van der Waals surface area contributed by atoms with E-state index in [1.807, 2.05) is 6.07 Å². The molecule has 0 unspecified atom stereocenters. The topological polar surface area (TPSA) is 24.2 Å². The van der Waals surface area contributed by atoms with Crippen molar-refractivity contribution >= 4 is 44.8 Å². The van der Waals surface area contributed by atoms with Crippen LogP contribution >= 0.6 is 0 Å². The zero-order valence-corrected chi connectivity index (χ0v) is 21.8. The zero-order chi connectivity index (χ0) is 25.7. The predicted molar refractivity (Wildman–Crippen MR) is 154 cm³/mol. The average molecular weight is 484 g/mol. The molecule has 6 rings (SSSR count). The van der Waals surface area contributed by atoms with E-state index in [9.17, 15) is 4.79 Å². The van der Waals surface area contributed by atoms with E-state index < -0.39 is 0 Å². The van der Waals surface area contributed by atoms with Crippen LogP contribution in [0.1, 0.15) is 41.9 Å². The number of Topliss-reactive ketones (excluding diaryl/α,β-unsaturated/α-hetero) is 1. The Morgan fingerprint density at radius 3 is 2.11 bits per heavy atom. The number of hydrogen-bond donors (Lipinski definition) is 0. The van der Waals surface area contributed by atoms with E-state index in [1.165, 1.54) is 16.3 Å². The third kappa shape index (κ3) is 4.01. The summed E-state index contributed by atoms with van der Waals surface area (Å²) in [5.41, 5.74) is 7.10. The predicted octanol–water partition coefficient (Wildman–Crippen LogP) is 7.49. The molecule has 3 heteroatoms. The van der Waals surface area contributed by atoms with Gasteiger partial charge in [-0.25, -0.2) is 0 Å². The molecule has 1 aromatic heterocycles. The van der Waals surface area contributed by atoms with Crippen LogP contribution < -0.4 is 9.47 Å². The quantitative estimate of drug-likeness (QED) is 0.196. The molecule has 1 aliphatic carbocycles. The fourth-order valence-electron chi connectivity index (χ4n) is 5.55. The molecule has 0 saturated carbocycles. The van der Waals surface area contributed by atoms with Crippen LogP contribution in [0.15, 0.2) is 97.1 Å². The van der Waals surface area contributed by atoms with E-state index in [0.29, 0.717) is 6.42 Å². The van der Waals surface area contributed by atoms with Crippen molar-refractivity contribution < 1.29 is 9.36 Å². The number of benzene rings is 4. The SMILES string of the molecule is CN(C)c1ccc(C=C2c3c(cc4cc5ccccc5cc4[n+]3-c3ccccc3)C(=O)CC2(C)C)cc1. The van der Waals surface area contributed by atoms with Crippen LogP contribution in [-0.4, -0.2) is 19.9 Å². The van der Waals surface area contributed by atoms with Crippen LogP contribution in [0.25, 0.3) is 39.0 Å². The van der Waals surface area contributed by atoms with E-state index in [4.69, 9.17) is 0 Å². The fourth-order valence-corrected chi connectivity index (χ4v) is 5.55. The molecule has 0 aliphatic heterocycles. The van der Waals surface area contributed by atoms with E-state index in [0.717, 1.165) is 39.1 Å². The molecular weight excluding hydrogens is 452 g/mol. The summed E-state index contributed by atoms with van der Waals surface area (Å²) in [6.07, 6.45) is 2.76. The summed E-state index contributed by atoms with van der Waals surface area (Å²) in [5.74, 6) is 0.194. The molecule has 0 saturated heterocycles. The van der Waals surface area contributed by atoms with Crippen LogP contribution in [0.4, 0.5) is 5.69 Å². The lowest BCUT2D eigenvalue weighted by Crippen LogP contribution is -2.43. The lowest BCUT2D eigenvalue weighted by molar-refractivity contribution is -0.570. The molecular formula is C34H31N2O+. The van der Waals surface area contributed by atoms with Crippen LogP contribution in [-0.2, 0) is 0 Å². The summed E-state index contributed by atoms with van der Waals surface area (Å²) in [4.78, 5) is 15.8. The average Bonchev–Trinajstić information content (AvgIpc) is 2.89. The Labute approximate surface area is 218 Å². The molecule has 5 aromatic rings. The fraction of sp³-hybridized carbons (Fsp3) is 0.176. The molecule has 182 valence electrons. The molecule has 0 N–H and O–H groups in total. The number of allylic oxidation sites excluding steroid dienone is 1. The first-order valence-corrected chi connectivity index (χ1v) is 12.8. The number of aromatic nitrogens is 1. The highest BCUT2D eigenvalue weighted by molar-refractivity contribution is 6.09. The summed E-state index contributed by atoms with van der Waals surface area (Å²) >= 11 is 0. The van der Waals surface area contributed by atoms with E-state index in [1.54, 1.807) is 0 Å². The standard InChI is InChI=1S/C34H31N2O/c1-34(2)22-32(37)29-20-26-19-24-10-8-9-11-25(24)21-31(26)36(28-12-6-5-7-13-28)33(29)30(34)18-23-14-16-27(17-15-23)35(3)4/h5-21H,22H2,1-4H3/q+1.